The van der Waals surface area contributed by atoms with Gasteiger partial charge in [-0.1, -0.05) is 42.1 Å². The van der Waals surface area contributed by atoms with Gasteiger partial charge in [-0.05, 0) is 36.9 Å². The summed E-state index contributed by atoms with van der Waals surface area (Å²) in [5.41, 5.74) is 2.64. The van der Waals surface area contributed by atoms with Gasteiger partial charge in [-0.25, -0.2) is 4.98 Å². The van der Waals surface area contributed by atoms with Gasteiger partial charge in [0.05, 0.1) is 16.6 Å². The van der Waals surface area contributed by atoms with E-state index in [-0.39, 0.29) is 5.56 Å². The minimum absolute atomic E-state index is 0.0192. The first-order chi connectivity index (χ1) is 9.72. The SMILES string of the molecule is CSc1nc2c(C)cccc2c(=O)n1-c1ccccc1. The third-order valence-corrected chi connectivity index (χ3v) is 3.91. The summed E-state index contributed by atoms with van der Waals surface area (Å²) < 4.78 is 1.67. The molecule has 0 bridgehead atoms. The smallest absolute Gasteiger partial charge is 0.266 e. The van der Waals surface area contributed by atoms with Gasteiger partial charge in [0.1, 0.15) is 0 Å². The van der Waals surface area contributed by atoms with Crippen LogP contribution in [0.2, 0.25) is 0 Å². The van der Waals surface area contributed by atoms with E-state index in [9.17, 15) is 4.79 Å². The van der Waals surface area contributed by atoms with Crippen molar-refractivity contribution < 1.29 is 0 Å². The van der Waals surface area contributed by atoms with Crippen molar-refractivity contribution in [1.82, 2.24) is 9.55 Å². The van der Waals surface area contributed by atoms with Gasteiger partial charge in [0.25, 0.3) is 5.56 Å². The van der Waals surface area contributed by atoms with Crippen LogP contribution in [0.1, 0.15) is 5.56 Å². The summed E-state index contributed by atoms with van der Waals surface area (Å²) in [4.78, 5) is 17.4. The van der Waals surface area contributed by atoms with Gasteiger partial charge in [-0.15, -0.1) is 0 Å². The van der Waals surface area contributed by atoms with E-state index < -0.39 is 0 Å². The normalized spacial score (nSPS) is 10.9. The Kier molecular flexibility index (Phi) is 3.32. The second kappa shape index (κ2) is 5.13. The fourth-order valence-electron chi connectivity index (χ4n) is 2.27. The van der Waals surface area contributed by atoms with Crippen LogP contribution in [0.15, 0.2) is 58.5 Å². The molecule has 3 aromatic rings. The Morgan fingerprint density at radius 2 is 1.80 bits per heavy atom. The van der Waals surface area contributed by atoms with Crippen LogP contribution in [0.25, 0.3) is 16.6 Å². The van der Waals surface area contributed by atoms with Crippen molar-refractivity contribution in [2.45, 2.75) is 12.1 Å². The summed E-state index contributed by atoms with van der Waals surface area (Å²) >= 11 is 1.48. The largest absolute Gasteiger partial charge is 0.268 e. The number of hydrogen-bond acceptors (Lipinski definition) is 3. The highest BCUT2D eigenvalue weighted by Gasteiger charge is 2.12. The lowest BCUT2D eigenvalue weighted by molar-refractivity contribution is 0.820. The molecule has 100 valence electrons. The summed E-state index contributed by atoms with van der Waals surface area (Å²) in [7, 11) is 0. The number of fused-ring (bicyclic) bond motifs is 1. The lowest BCUT2D eigenvalue weighted by Crippen LogP contribution is -2.21. The van der Waals surface area contributed by atoms with Crippen LogP contribution in [-0.4, -0.2) is 15.8 Å². The highest BCUT2D eigenvalue weighted by molar-refractivity contribution is 7.98. The molecule has 0 saturated heterocycles. The number of aryl methyl sites for hydroxylation is 1. The quantitative estimate of drug-likeness (QED) is 0.533. The first kappa shape index (κ1) is 12.9. The lowest BCUT2D eigenvalue weighted by Gasteiger charge is -2.12. The Morgan fingerprint density at radius 1 is 1.05 bits per heavy atom. The average Bonchev–Trinajstić information content (AvgIpc) is 2.49. The summed E-state index contributed by atoms with van der Waals surface area (Å²) in [6.07, 6.45) is 1.94. The number of thioether (sulfide) groups is 1. The van der Waals surface area contributed by atoms with Crippen molar-refractivity contribution in [3.63, 3.8) is 0 Å². The second-order valence-corrected chi connectivity index (χ2v) is 5.32. The summed E-state index contributed by atoms with van der Waals surface area (Å²) in [6, 6.07) is 15.3. The highest BCUT2D eigenvalue weighted by atomic mass is 32.2. The fourth-order valence-corrected chi connectivity index (χ4v) is 2.83. The van der Waals surface area contributed by atoms with Crippen molar-refractivity contribution in [2.24, 2.45) is 0 Å². The van der Waals surface area contributed by atoms with Crippen molar-refractivity contribution >= 4 is 22.7 Å². The Bertz CT molecular complexity index is 825. The molecule has 0 fully saturated rings. The Labute approximate surface area is 121 Å². The minimum atomic E-state index is -0.0192. The first-order valence-corrected chi connectivity index (χ1v) is 7.56. The molecule has 0 saturated carbocycles. The van der Waals surface area contributed by atoms with E-state index >= 15 is 0 Å². The van der Waals surface area contributed by atoms with E-state index in [0.29, 0.717) is 10.5 Å². The van der Waals surface area contributed by atoms with E-state index in [1.807, 2.05) is 61.7 Å². The van der Waals surface area contributed by atoms with Gasteiger partial charge in [0.2, 0.25) is 0 Å². The lowest BCUT2D eigenvalue weighted by atomic mass is 10.1. The zero-order valence-electron chi connectivity index (χ0n) is 11.3. The number of para-hydroxylation sites is 2. The predicted molar refractivity (Wildman–Crippen MR) is 83.9 cm³/mol. The van der Waals surface area contributed by atoms with Crippen LogP contribution in [0.3, 0.4) is 0 Å². The first-order valence-electron chi connectivity index (χ1n) is 6.34. The monoisotopic (exact) mass is 282 g/mol. The van der Waals surface area contributed by atoms with Crippen LogP contribution in [0.4, 0.5) is 0 Å². The molecule has 0 aliphatic rings. The summed E-state index contributed by atoms with van der Waals surface area (Å²) in [6.45, 7) is 1.98. The van der Waals surface area contributed by atoms with Crippen molar-refractivity contribution in [2.75, 3.05) is 6.26 Å². The van der Waals surface area contributed by atoms with E-state index in [2.05, 4.69) is 4.98 Å². The van der Waals surface area contributed by atoms with Gasteiger partial charge in [0.15, 0.2) is 5.16 Å². The number of benzene rings is 2. The molecule has 0 aliphatic heterocycles. The molecular formula is C16H14N2OS. The van der Waals surface area contributed by atoms with Gasteiger partial charge < -0.3 is 0 Å². The van der Waals surface area contributed by atoms with Crippen LogP contribution in [0.5, 0.6) is 0 Å². The maximum Gasteiger partial charge on any atom is 0.266 e. The molecule has 0 N–H and O–H groups in total. The Hall–Kier alpha value is -2.07. The molecule has 1 aromatic heterocycles. The zero-order chi connectivity index (χ0) is 14.1. The summed E-state index contributed by atoms with van der Waals surface area (Å²) in [5.74, 6) is 0. The maximum absolute atomic E-state index is 12.8. The van der Waals surface area contributed by atoms with Gasteiger partial charge in [-0.2, -0.15) is 0 Å². The predicted octanol–water partition coefficient (Wildman–Crippen LogP) is 3.42. The molecule has 2 aromatic carbocycles. The Morgan fingerprint density at radius 3 is 2.50 bits per heavy atom. The molecule has 1 heterocycles. The van der Waals surface area contributed by atoms with E-state index in [1.54, 1.807) is 4.57 Å². The molecule has 0 aliphatic carbocycles. The molecule has 20 heavy (non-hydrogen) atoms. The second-order valence-electron chi connectivity index (χ2n) is 4.55. The molecule has 0 spiro atoms. The van der Waals surface area contributed by atoms with Crippen LogP contribution in [-0.2, 0) is 0 Å². The molecule has 3 nitrogen and oxygen atoms in total. The summed E-state index contributed by atoms with van der Waals surface area (Å²) in [5, 5.41) is 1.37. The van der Waals surface area contributed by atoms with Crippen molar-refractivity contribution in [3.05, 3.63) is 64.4 Å². The van der Waals surface area contributed by atoms with E-state index in [0.717, 1.165) is 16.8 Å². The van der Waals surface area contributed by atoms with Crippen LogP contribution < -0.4 is 5.56 Å². The molecule has 0 unspecified atom stereocenters. The minimum Gasteiger partial charge on any atom is -0.268 e. The maximum atomic E-state index is 12.8. The molecule has 0 atom stereocenters. The topological polar surface area (TPSA) is 34.9 Å². The van der Waals surface area contributed by atoms with E-state index in [4.69, 9.17) is 0 Å². The zero-order valence-corrected chi connectivity index (χ0v) is 12.1. The van der Waals surface area contributed by atoms with Gasteiger partial charge in [-0.3, -0.25) is 9.36 Å². The van der Waals surface area contributed by atoms with Crippen molar-refractivity contribution in [3.8, 4) is 5.69 Å². The third-order valence-electron chi connectivity index (χ3n) is 3.27. The number of rotatable bonds is 2. The van der Waals surface area contributed by atoms with Gasteiger partial charge >= 0.3 is 0 Å². The van der Waals surface area contributed by atoms with Gasteiger partial charge in [0, 0.05) is 0 Å². The molecule has 3 rings (SSSR count). The molecule has 0 radical (unpaired) electrons. The van der Waals surface area contributed by atoms with Crippen LogP contribution in [0, 0.1) is 6.92 Å². The Balaban J connectivity index is 2.44. The molecule has 4 heteroatoms. The standard InChI is InChI=1S/C16H14N2OS/c1-11-7-6-10-13-14(11)17-16(20-2)18(15(13)19)12-8-4-3-5-9-12/h3-10H,1-2H3. The third kappa shape index (κ3) is 2.02. The highest BCUT2D eigenvalue weighted by Crippen LogP contribution is 2.20. The number of hydrogen-bond donors (Lipinski definition) is 0. The number of nitrogens with zero attached hydrogens (tertiary/aromatic N) is 2. The molecule has 0 amide bonds. The van der Waals surface area contributed by atoms with Crippen molar-refractivity contribution in [1.29, 1.82) is 0 Å². The average molecular weight is 282 g/mol. The fraction of sp³-hybridized carbons (Fsp3) is 0.125. The molecular weight excluding hydrogens is 268 g/mol. The van der Waals surface area contributed by atoms with E-state index in [1.165, 1.54) is 11.8 Å². The van der Waals surface area contributed by atoms with Crippen LogP contribution >= 0.6 is 11.8 Å². The number of aromatic nitrogens is 2.